The predicted octanol–water partition coefficient (Wildman–Crippen LogP) is 3.71. The van der Waals surface area contributed by atoms with Gasteiger partial charge in [-0.3, -0.25) is 9.69 Å². The van der Waals surface area contributed by atoms with E-state index < -0.39 is 17.5 Å². The summed E-state index contributed by atoms with van der Waals surface area (Å²) in [5, 5.41) is 9.40. The van der Waals surface area contributed by atoms with Gasteiger partial charge in [0, 0.05) is 18.7 Å². The first-order chi connectivity index (χ1) is 17.5. The number of carbonyl (C=O) groups excluding carboxylic acids is 1. The summed E-state index contributed by atoms with van der Waals surface area (Å²) >= 11 is 0. The van der Waals surface area contributed by atoms with Crippen LogP contribution in [-0.4, -0.2) is 66.2 Å². The summed E-state index contributed by atoms with van der Waals surface area (Å²) in [6, 6.07) is 11.4. The summed E-state index contributed by atoms with van der Waals surface area (Å²) in [6.07, 6.45) is 0. The minimum absolute atomic E-state index is 0.0743. The molecule has 0 saturated heterocycles. The van der Waals surface area contributed by atoms with Crippen LogP contribution in [0, 0.1) is 13.8 Å². The molecule has 0 saturated carbocycles. The highest BCUT2D eigenvalue weighted by atomic mass is 16.5. The quantitative estimate of drug-likeness (QED) is 0.291. The summed E-state index contributed by atoms with van der Waals surface area (Å²) in [5.74, 6) is 0.373. The third kappa shape index (κ3) is 9.09. The summed E-state index contributed by atoms with van der Waals surface area (Å²) < 4.78 is 17.1. The van der Waals surface area contributed by atoms with Crippen molar-refractivity contribution in [2.45, 2.75) is 53.7 Å². The highest BCUT2D eigenvalue weighted by Crippen LogP contribution is 2.29. The molecule has 202 valence electrons. The van der Waals surface area contributed by atoms with E-state index in [1.165, 1.54) is 13.8 Å². The van der Waals surface area contributed by atoms with Gasteiger partial charge in [-0.2, -0.15) is 0 Å². The van der Waals surface area contributed by atoms with Crippen molar-refractivity contribution in [1.29, 1.82) is 0 Å². The number of nitrogens with two attached hydrogens (primary N) is 1. The second kappa shape index (κ2) is 13.6. The van der Waals surface area contributed by atoms with Gasteiger partial charge in [-0.1, -0.05) is 12.1 Å². The summed E-state index contributed by atoms with van der Waals surface area (Å²) in [7, 11) is 0. The lowest BCUT2D eigenvalue weighted by Gasteiger charge is -2.25. The molecule has 0 bridgehead atoms. The van der Waals surface area contributed by atoms with Crippen LogP contribution in [0.15, 0.2) is 41.4 Å². The lowest BCUT2D eigenvalue weighted by atomic mass is 10.0. The van der Waals surface area contributed by atoms with E-state index in [9.17, 15) is 14.7 Å². The molecule has 9 heteroatoms. The Kier molecular flexibility index (Phi) is 10.9. The number of benzene rings is 2. The smallest absolute Gasteiger partial charge is 0.347 e. The topological polar surface area (TPSA) is 124 Å². The first-order valence-electron chi connectivity index (χ1n) is 12.4. The molecule has 0 aromatic heterocycles. The largest absolute Gasteiger partial charge is 0.494 e. The number of amides is 1. The third-order valence-corrected chi connectivity index (χ3v) is 5.54. The average Bonchev–Trinajstić information content (AvgIpc) is 2.81. The molecule has 1 amide bonds. The molecular weight excluding hydrogens is 474 g/mol. The molecule has 2 aromatic carbocycles. The third-order valence-electron chi connectivity index (χ3n) is 5.54. The van der Waals surface area contributed by atoms with Crippen LogP contribution in [0.3, 0.4) is 0 Å². The van der Waals surface area contributed by atoms with Crippen molar-refractivity contribution in [2.75, 3.05) is 32.8 Å². The molecule has 0 unspecified atom stereocenters. The van der Waals surface area contributed by atoms with E-state index in [1.807, 2.05) is 69.0 Å². The standard InChI is InChI=1S/C28H39N3O6/c1-7-35-23-11-9-22(10-12-23)26(36-8-2)30-13-14-31(18-24(29)32)17-21-15-19(3)25(20(4)16-21)37-28(5,6)27(33)34/h9-12,15-16H,7-8,13-14,17-18H2,1-6H3,(H2,29,32)(H,33,34). The van der Waals surface area contributed by atoms with Crippen LogP contribution in [-0.2, 0) is 20.9 Å². The van der Waals surface area contributed by atoms with Crippen molar-refractivity contribution in [1.82, 2.24) is 4.90 Å². The molecule has 0 atom stereocenters. The first-order valence-corrected chi connectivity index (χ1v) is 12.4. The molecule has 0 spiro atoms. The number of hydrogen-bond donors (Lipinski definition) is 2. The van der Waals surface area contributed by atoms with Crippen LogP contribution < -0.4 is 15.2 Å². The molecule has 37 heavy (non-hydrogen) atoms. The van der Waals surface area contributed by atoms with Crippen LogP contribution in [0.4, 0.5) is 0 Å². The van der Waals surface area contributed by atoms with Gasteiger partial charge in [-0.15, -0.1) is 0 Å². The van der Waals surface area contributed by atoms with Crippen molar-refractivity contribution in [2.24, 2.45) is 10.7 Å². The molecular formula is C28H39N3O6. The van der Waals surface area contributed by atoms with Crippen molar-refractivity contribution in [3.8, 4) is 11.5 Å². The van der Waals surface area contributed by atoms with Gasteiger partial charge in [0.1, 0.15) is 11.5 Å². The van der Waals surface area contributed by atoms with Gasteiger partial charge in [0.2, 0.25) is 11.8 Å². The molecule has 2 aromatic rings. The Balaban J connectivity index is 2.17. The van der Waals surface area contributed by atoms with Crippen molar-refractivity contribution in [3.63, 3.8) is 0 Å². The SMILES string of the molecule is CCOC(=NCCN(CC(N)=O)Cc1cc(C)c(OC(C)(C)C(=O)O)c(C)c1)c1ccc(OCC)cc1. The Labute approximate surface area is 219 Å². The maximum atomic E-state index is 11.7. The predicted molar refractivity (Wildman–Crippen MR) is 143 cm³/mol. The molecule has 0 heterocycles. The maximum Gasteiger partial charge on any atom is 0.347 e. The second-order valence-electron chi connectivity index (χ2n) is 9.23. The van der Waals surface area contributed by atoms with Gasteiger partial charge in [0.15, 0.2) is 5.60 Å². The molecule has 3 N–H and O–H groups in total. The Bertz CT molecular complexity index is 1070. The van der Waals surface area contributed by atoms with Crippen molar-refractivity contribution in [3.05, 3.63) is 58.7 Å². The number of carboxylic acids is 1. The van der Waals surface area contributed by atoms with Crippen LogP contribution in [0.25, 0.3) is 0 Å². The molecule has 2 rings (SSSR count). The molecule has 0 fully saturated rings. The number of nitrogens with zero attached hydrogens (tertiary/aromatic N) is 2. The van der Waals surface area contributed by atoms with E-state index in [2.05, 4.69) is 4.99 Å². The maximum absolute atomic E-state index is 11.7. The Hall–Kier alpha value is -3.59. The number of aliphatic carboxylic acids is 1. The van der Waals surface area contributed by atoms with E-state index in [0.29, 0.717) is 44.5 Å². The Morgan fingerprint density at radius 1 is 1.05 bits per heavy atom. The van der Waals surface area contributed by atoms with Gasteiger partial charge < -0.3 is 25.1 Å². The van der Waals surface area contributed by atoms with Gasteiger partial charge in [-0.05, 0) is 82.5 Å². The zero-order chi connectivity index (χ0) is 27.6. The van der Waals surface area contributed by atoms with E-state index in [-0.39, 0.29) is 6.54 Å². The van der Waals surface area contributed by atoms with E-state index in [0.717, 1.165) is 28.0 Å². The van der Waals surface area contributed by atoms with Crippen molar-refractivity contribution >= 4 is 17.8 Å². The average molecular weight is 514 g/mol. The summed E-state index contributed by atoms with van der Waals surface area (Å²) in [6.45, 7) is 13.1. The number of rotatable bonds is 14. The van der Waals surface area contributed by atoms with Crippen LogP contribution in [0.5, 0.6) is 11.5 Å². The number of carboxylic acid groups (broad SMARTS) is 1. The van der Waals surface area contributed by atoms with Crippen LogP contribution in [0.1, 0.15) is 49.9 Å². The van der Waals surface area contributed by atoms with Gasteiger partial charge in [0.05, 0.1) is 26.3 Å². The number of hydrogen-bond acceptors (Lipinski definition) is 7. The molecule has 0 aliphatic rings. The summed E-state index contributed by atoms with van der Waals surface area (Å²) in [5.41, 5.74) is 7.59. The van der Waals surface area contributed by atoms with Crippen LogP contribution in [0.2, 0.25) is 0 Å². The fraction of sp³-hybridized carbons (Fsp3) is 0.464. The monoisotopic (exact) mass is 513 g/mol. The number of ether oxygens (including phenoxy) is 3. The minimum atomic E-state index is -1.35. The zero-order valence-electron chi connectivity index (χ0n) is 22.7. The first kappa shape index (κ1) is 29.6. The molecule has 9 nitrogen and oxygen atoms in total. The van der Waals surface area contributed by atoms with Crippen molar-refractivity contribution < 1.29 is 28.9 Å². The molecule has 0 radical (unpaired) electrons. The van der Waals surface area contributed by atoms with Gasteiger partial charge >= 0.3 is 5.97 Å². The minimum Gasteiger partial charge on any atom is -0.494 e. The fourth-order valence-corrected chi connectivity index (χ4v) is 3.79. The lowest BCUT2D eigenvalue weighted by Crippen LogP contribution is -2.38. The second-order valence-corrected chi connectivity index (χ2v) is 9.23. The van der Waals surface area contributed by atoms with Gasteiger partial charge in [-0.25, -0.2) is 9.79 Å². The number of aryl methyl sites for hydroxylation is 2. The summed E-state index contributed by atoms with van der Waals surface area (Å²) in [4.78, 5) is 29.8. The highest BCUT2D eigenvalue weighted by molar-refractivity contribution is 5.94. The molecule has 0 aliphatic carbocycles. The normalized spacial score (nSPS) is 11.9. The Morgan fingerprint density at radius 3 is 2.19 bits per heavy atom. The highest BCUT2D eigenvalue weighted by Gasteiger charge is 2.30. The van der Waals surface area contributed by atoms with Gasteiger partial charge in [0.25, 0.3) is 0 Å². The number of carbonyl (C=O) groups is 2. The van der Waals surface area contributed by atoms with Crippen LogP contribution >= 0.6 is 0 Å². The lowest BCUT2D eigenvalue weighted by molar-refractivity contribution is -0.152. The zero-order valence-corrected chi connectivity index (χ0v) is 22.7. The fourth-order valence-electron chi connectivity index (χ4n) is 3.79. The van der Waals surface area contributed by atoms with E-state index in [4.69, 9.17) is 19.9 Å². The molecule has 0 aliphatic heterocycles. The van der Waals surface area contributed by atoms with E-state index >= 15 is 0 Å². The Morgan fingerprint density at radius 2 is 1.68 bits per heavy atom. The number of primary amides is 1. The van der Waals surface area contributed by atoms with E-state index in [1.54, 1.807) is 0 Å². The number of aliphatic imine (C=N–C) groups is 1.